The second-order valence-corrected chi connectivity index (χ2v) is 7.75. The van der Waals surface area contributed by atoms with E-state index in [0.29, 0.717) is 29.2 Å². The fourth-order valence-corrected chi connectivity index (χ4v) is 4.04. The van der Waals surface area contributed by atoms with E-state index in [1.165, 1.54) is 13.2 Å². The molecule has 0 aromatic heterocycles. The van der Waals surface area contributed by atoms with E-state index >= 15 is 0 Å². The molecule has 1 aliphatic heterocycles. The lowest BCUT2D eigenvalue weighted by molar-refractivity contribution is 0.171. The average molecular weight is 414 g/mol. The highest BCUT2D eigenvalue weighted by Crippen LogP contribution is 2.31. The molecule has 0 saturated carbocycles. The second kappa shape index (κ2) is 7.00. The van der Waals surface area contributed by atoms with Gasteiger partial charge in [0.2, 0.25) is 10.0 Å². The maximum Gasteiger partial charge on any atom is 0.244 e. The fraction of sp³-hybridized carbons (Fsp3) is 0.250. The molecule has 0 amide bonds. The Kier molecular flexibility index (Phi) is 4.98. The molecule has 0 radical (unpaired) electrons. The largest absolute Gasteiger partial charge is 0.495 e. The van der Waals surface area contributed by atoms with Gasteiger partial charge < -0.3 is 14.2 Å². The highest BCUT2D eigenvalue weighted by molar-refractivity contribution is 9.10. The zero-order chi connectivity index (χ0) is 17.2. The third kappa shape index (κ3) is 3.66. The first kappa shape index (κ1) is 17.1. The summed E-state index contributed by atoms with van der Waals surface area (Å²) in [4.78, 5) is 0.0805. The van der Waals surface area contributed by atoms with Gasteiger partial charge in [0, 0.05) is 11.0 Å². The number of rotatable bonds is 5. The normalized spacial score (nSPS) is 13.6. The molecule has 0 bridgehead atoms. The molecule has 3 rings (SSSR count). The van der Waals surface area contributed by atoms with Crippen molar-refractivity contribution in [3.63, 3.8) is 0 Å². The van der Waals surface area contributed by atoms with E-state index < -0.39 is 10.0 Å². The number of hydrogen-bond donors (Lipinski definition) is 1. The number of hydrogen-bond acceptors (Lipinski definition) is 5. The van der Waals surface area contributed by atoms with Crippen molar-refractivity contribution in [1.29, 1.82) is 0 Å². The van der Waals surface area contributed by atoms with Crippen LogP contribution in [-0.2, 0) is 16.6 Å². The molecule has 0 aliphatic carbocycles. The Labute approximate surface area is 148 Å². The summed E-state index contributed by atoms with van der Waals surface area (Å²) in [5.74, 6) is 1.58. The van der Waals surface area contributed by atoms with Crippen LogP contribution in [-0.4, -0.2) is 28.7 Å². The molecule has 2 aromatic rings. The van der Waals surface area contributed by atoms with Gasteiger partial charge in [-0.1, -0.05) is 22.0 Å². The molecule has 128 valence electrons. The van der Waals surface area contributed by atoms with Crippen LogP contribution in [0.1, 0.15) is 5.56 Å². The van der Waals surface area contributed by atoms with Crippen LogP contribution >= 0.6 is 15.9 Å². The Morgan fingerprint density at radius 2 is 1.88 bits per heavy atom. The van der Waals surface area contributed by atoms with Crippen LogP contribution in [0, 0.1) is 0 Å². The second-order valence-electron chi connectivity index (χ2n) is 5.10. The van der Waals surface area contributed by atoms with E-state index in [9.17, 15) is 8.42 Å². The Morgan fingerprint density at radius 3 is 2.62 bits per heavy atom. The van der Waals surface area contributed by atoms with Gasteiger partial charge in [-0.05, 0) is 35.9 Å². The molecule has 1 N–H and O–H groups in total. The molecule has 1 heterocycles. The molecule has 8 heteroatoms. The summed E-state index contributed by atoms with van der Waals surface area (Å²) in [7, 11) is -2.29. The van der Waals surface area contributed by atoms with E-state index in [0.717, 1.165) is 5.56 Å². The first-order valence-corrected chi connectivity index (χ1v) is 9.49. The topological polar surface area (TPSA) is 73.9 Å². The van der Waals surface area contributed by atoms with Gasteiger partial charge >= 0.3 is 0 Å². The van der Waals surface area contributed by atoms with Crippen LogP contribution in [0.5, 0.6) is 17.2 Å². The van der Waals surface area contributed by atoms with Crippen LogP contribution in [0.25, 0.3) is 0 Å². The van der Waals surface area contributed by atoms with Gasteiger partial charge in [0.05, 0.1) is 7.11 Å². The van der Waals surface area contributed by atoms with Crippen molar-refractivity contribution in [3.05, 3.63) is 46.4 Å². The van der Waals surface area contributed by atoms with Crippen molar-refractivity contribution in [3.8, 4) is 17.2 Å². The number of methoxy groups -OCH3 is 1. The quantitative estimate of drug-likeness (QED) is 0.815. The minimum atomic E-state index is -3.72. The highest BCUT2D eigenvalue weighted by atomic mass is 79.9. The number of sulfonamides is 1. The van der Waals surface area contributed by atoms with Crippen LogP contribution in [0.3, 0.4) is 0 Å². The van der Waals surface area contributed by atoms with Crippen LogP contribution < -0.4 is 18.9 Å². The summed E-state index contributed by atoms with van der Waals surface area (Å²) < 4.78 is 44.4. The van der Waals surface area contributed by atoms with Gasteiger partial charge in [-0.3, -0.25) is 0 Å². The lowest BCUT2D eigenvalue weighted by atomic mass is 10.2. The van der Waals surface area contributed by atoms with Crippen LogP contribution in [0.15, 0.2) is 45.8 Å². The standard InChI is InChI=1S/C16H16BrNO5S/c1-21-14-5-3-12(17)9-16(14)24(19,20)18-10-11-2-4-13-15(8-11)23-7-6-22-13/h2-5,8-9,18H,6-7,10H2,1H3. The van der Waals surface area contributed by atoms with Crippen molar-refractivity contribution in [2.75, 3.05) is 20.3 Å². The van der Waals surface area contributed by atoms with Crippen molar-refractivity contribution >= 4 is 26.0 Å². The lowest BCUT2D eigenvalue weighted by Crippen LogP contribution is -2.24. The molecule has 2 aromatic carbocycles. The SMILES string of the molecule is COc1ccc(Br)cc1S(=O)(=O)NCc1ccc2c(c1)OCCO2. The van der Waals surface area contributed by atoms with Crippen molar-refractivity contribution < 1.29 is 22.6 Å². The summed E-state index contributed by atoms with van der Waals surface area (Å²) in [6.07, 6.45) is 0. The Hall–Kier alpha value is -1.77. The molecule has 0 fully saturated rings. The minimum absolute atomic E-state index is 0.0805. The average Bonchev–Trinajstić information content (AvgIpc) is 2.60. The summed E-state index contributed by atoms with van der Waals surface area (Å²) in [6.45, 7) is 1.13. The molecular weight excluding hydrogens is 398 g/mol. The number of fused-ring (bicyclic) bond motifs is 1. The van der Waals surface area contributed by atoms with Gasteiger partial charge in [0.15, 0.2) is 11.5 Å². The fourth-order valence-electron chi connectivity index (χ4n) is 2.31. The maximum absolute atomic E-state index is 12.6. The predicted octanol–water partition coefficient (Wildman–Crippen LogP) is 2.71. The molecule has 0 spiro atoms. The molecular formula is C16H16BrNO5S. The van der Waals surface area contributed by atoms with E-state index in [-0.39, 0.29) is 17.2 Å². The van der Waals surface area contributed by atoms with Gasteiger partial charge in [-0.15, -0.1) is 0 Å². The number of ether oxygens (including phenoxy) is 3. The van der Waals surface area contributed by atoms with E-state index in [2.05, 4.69) is 20.7 Å². The lowest BCUT2D eigenvalue weighted by Gasteiger charge is -2.19. The number of nitrogens with one attached hydrogen (secondary N) is 1. The van der Waals surface area contributed by atoms with Crippen LogP contribution in [0.4, 0.5) is 0 Å². The van der Waals surface area contributed by atoms with Crippen molar-refractivity contribution in [2.24, 2.45) is 0 Å². The van der Waals surface area contributed by atoms with Crippen molar-refractivity contribution in [1.82, 2.24) is 4.72 Å². The molecule has 0 saturated heterocycles. The molecule has 1 aliphatic rings. The summed E-state index contributed by atoms with van der Waals surface area (Å²) in [5.41, 5.74) is 0.775. The monoisotopic (exact) mass is 413 g/mol. The Morgan fingerprint density at radius 1 is 1.12 bits per heavy atom. The van der Waals surface area contributed by atoms with Gasteiger partial charge in [0.1, 0.15) is 23.9 Å². The smallest absolute Gasteiger partial charge is 0.244 e. The molecule has 6 nitrogen and oxygen atoms in total. The first-order valence-electron chi connectivity index (χ1n) is 7.21. The van der Waals surface area contributed by atoms with Gasteiger partial charge in [0.25, 0.3) is 0 Å². The Balaban J connectivity index is 1.79. The zero-order valence-corrected chi connectivity index (χ0v) is 15.3. The summed E-state index contributed by atoms with van der Waals surface area (Å²) in [5, 5.41) is 0. The summed E-state index contributed by atoms with van der Waals surface area (Å²) in [6, 6.07) is 10.2. The Bertz CT molecular complexity index is 854. The third-order valence-electron chi connectivity index (χ3n) is 3.49. The van der Waals surface area contributed by atoms with Gasteiger partial charge in [-0.2, -0.15) is 0 Å². The predicted molar refractivity (Wildman–Crippen MR) is 92.2 cm³/mol. The maximum atomic E-state index is 12.6. The first-order chi connectivity index (χ1) is 11.5. The highest BCUT2D eigenvalue weighted by Gasteiger charge is 2.20. The van der Waals surface area contributed by atoms with E-state index in [4.69, 9.17) is 14.2 Å². The van der Waals surface area contributed by atoms with Gasteiger partial charge in [-0.25, -0.2) is 13.1 Å². The van der Waals surface area contributed by atoms with Crippen LogP contribution in [0.2, 0.25) is 0 Å². The molecule has 0 atom stereocenters. The summed E-state index contributed by atoms with van der Waals surface area (Å²) >= 11 is 3.28. The number of halogens is 1. The van der Waals surface area contributed by atoms with E-state index in [1.54, 1.807) is 30.3 Å². The molecule has 24 heavy (non-hydrogen) atoms. The zero-order valence-electron chi connectivity index (χ0n) is 12.9. The minimum Gasteiger partial charge on any atom is -0.495 e. The van der Waals surface area contributed by atoms with E-state index in [1.807, 2.05) is 0 Å². The molecule has 0 unspecified atom stereocenters. The van der Waals surface area contributed by atoms with Crippen molar-refractivity contribution in [2.45, 2.75) is 11.4 Å². The third-order valence-corrected chi connectivity index (χ3v) is 5.40. The number of benzene rings is 2.